The highest BCUT2D eigenvalue weighted by molar-refractivity contribution is 9.10. The molecule has 0 saturated carbocycles. The van der Waals surface area contributed by atoms with Crippen molar-refractivity contribution in [2.45, 2.75) is 13.0 Å². The van der Waals surface area contributed by atoms with E-state index >= 15 is 0 Å². The van der Waals surface area contributed by atoms with Crippen molar-refractivity contribution in [3.05, 3.63) is 57.6 Å². The summed E-state index contributed by atoms with van der Waals surface area (Å²) in [4.78, 5) is 29.1. The van der Waals surface area contributed by atoms with E-state index in [4.69, 9.17) is 9.47 Å². The molecule has 1 aromatic heterocycles. The molecular weight excluding hydrogens is 414 g/mol. The number of nitrogens with one attached hydrogen (secondary N) is 1. The number of rotatable bonds is 4. The Bertz CT molecular complexity index is 1080. The Morgan fingerprint density at radius 1 is 1.15 bits per heavy atom. The molecule has 0 radical (unpaired) electrons. The molecule has 1 N–H and O–H groups in total. The smallest absolute Gasteiger partial charge is 0.261 e. The number of carbonyl (C=O) groups excluding carboxylic acids is 1. The Kier molecular flexibility index (Phi) is 4.81. The molecule has 27 heavy (non-hydrogen) atoms. The van der Waals surface area contributed by atoms with Crippen molar-refractivity contribution in [1.82, 2.24) is 9.55 Å². The molecule has 4 rings (SSSR count). The summed E-state index contributed by atoms with van der Waals surface area (Å²) in [5.41, 5.74) is 1.07. The average molecular weight is 430 g/mol. The standard InChI is InChI=1S/C19H16BrN3O4/c20-12-1-3-15-14(9-12)19(25)23(11-21-15)6-5-18(24)22-13-2-4-16-17(10-13)27-8-7-26-16/h1-4,9-11H,5-8H2,(H,22,24). The van der Waals surface area contributed by atoms with E-state index in [9.17, 15) is 9.59 Å². The quantitative estimate of drug-likeness (QED) is 0.689. The van der Waals surface area contributed by atoms with E-state index in [1.54, 1.807) is 30.3 Å². The van der Waals surface area contributed by atoms with E-state index in [1.807, 2.05) is 6.07 Å². The number of hydrogen-bond acceptors (Lipinski definition) is 5. The molecule has 0 spiro atoms. The SMILES string of the molecule is O=C(CCn1cnc2ccc(Br)cc2c1=O)Nc1ccc2c(c1)OCCO2. The zero-order valence-corrected chi connectivity index (χ0v) is 15.9. The lowest BCUT2D eigenvalue weighted by atomic mass is 10.2. The Labute approximate surface area is 163 Å². The maximum atomic E-state index is 12.6. The van der Waals surface area contributed by atoms with Crippen molar-refractivity contribution >= 4 is 38.4 Å². The first-order chi connectivity index (χ1) is 13.1. The summed E-state index contributed by atoms with van der Waals surface area (Å²) in [6.07, 6.45) is 1.62. The van der Waals surface area contributed by atoms with Gasteiger partial charge < -0.3 is 14.8 Å². The second-order valence-corrected chi connectivity index (χ2v) is 6.98. The number of ether oxygens (including phenoxy) is 2. The van der Waals surface area contributed by atoms with Crippen LogP contribution in [0.15, 0.2) is 52.0 Å². The topological polar surface area (TPSA) is 82.5 Å². The van der Waals surface area contributed by atoms with Crippen LogP contribution >= 0.6 is 15.9 Å². The van der Waals surface area contributed by atoms with Gasteiger partial charge in [-0.1, -0.05) is 15.9 Å². The van der Waals surface area contributed by atoms with Gasteiger partial charge in [0.25, 0.3) is 5.56 Å². The predicted molar refractivity (Wildman–Crippen MR) is 104 cm³/mol. The molecule has 3 aromatic rings. The van der Waals surface area contributed by atoms with Crippen LogP contribution in [-0.4, -0.2) is 28.7 Å². The highest BCUT2D eigenvalue weighted by atomic mass is 79.9. The van der Waals surface area contributed by atoms with Crippen LogP contribution in [0, 0.1) is 0 Å². The highest BCUT2D eigenvalue weighted by Crippen LogP contribution is 2.32. The van der Waals surface area contributed by atoms with Gasteiger partial charge in [0, 0.05) is 29.2 Å². The molecule has 8 heteroatoms. The molecule has 2 heterocycles. The van der Waals surface area contributed by atoms with Gasteiger partial charge in [-0.25, -0.2) is 4.98 Å². The van der Waals surface area contributed by atoms with E-state index in [1.165, 1.54) is 10.9 Å². The second kappa shape index (κ2) is 7.40. The third-order valence-corrected chi connectivity index (χ3v) is 4.69. The van der Waals surface area contributed by atoms with Crippen LogP contribution in [0.3, 0.4) is 0 Å². The van der Waals surface area contributed by atoms with Gasteiger partial charge in [-0.15, -0.1) is 0 Å². The maximum absolute atomic E-state index is 12.6. The van der Waals surface area contributed by atoms with Gasteiger partial charge in [0.1, 0.15) is 13.2 Å². The van der Waals surface area contributed by atoms with Crippen molar-refractivity contribution in [3.8, 4) is 11.5 Å². The number of halogens is 1. The normalized spacial score (nSPS) is 12.8. The van der Waals surface area contributed by atoms with Crippen LogP contribution in [0.4, 0.5) is 5.69 Å². The lowest BCUT2D eigenvalue weighted by Crippen LogP contribution is -2.23. The van der Waals surface area contributed by atoms with Crippen molar-refractivity contribution in [3.63, 3.8) is 0 Å². The number of fused-ring (bicyclic) bond motifs is 2. The third kappa shape index (κ3) is 3.80. The van der Waals surface area contributed by atoms with Crippen LogP contribution in [0.5, 0.6) is 11.5 Å². The number of aryl methyl sites for hydroxylation is 1. The molecule has 0 aliphatic carbocycles. The Hall–Kier alpha value is -2.87. The van der Waals surface area contributed by atoms with Crippen molar-refractivity contribution in [2.75, 3.05) is 18.5 Å². The lowest BCUT2D eigenvalue weighted by molar-refractivity contribution is -0.116. The van der Waals surface area contributed by atoms with Gasteiger partial charge >= 0.3 is 0 Å². The molecular formula is C19H16BrN3O4. The van der Waals surface area contributed by atoms with Crippen LogP contribution in [0.2, 0.25) is 0 Å². The van der Waals surface area contributed by atoms with Gasteiger partial charge in [0.2, 0.25) is 5.91 Å². The summed E-state index contributed by atoms with van der Waals surface area (Å²) in [6, 6.07) is 10.6. The zero-order valence-electron chi connectivity index (χ0n) is 14.3. The first kappa shape index (κ1) is 17.5. The van der Waals surface area contributed by atoms with Crippen LogP contribution in [-0.2, 0) is 11.3 Å². The summed E-state index contributed by atoms with van der Waals surface area (Å²) in [5.74, 6) is 1.08. The fraction of sp³-hybridized carbons (Fsp3) is 0.211. The van der Waals surface area contributed by atoms with Gasteiger partial charge in [0.05, 0.1) is 17.2 Å². The largest absolute Gasteiger partial charge is 0.486 e. The van der Waals surface area contributed by atoms with Crippen LogP contribution in [0.25, 0.3) is 10.9 Å². The Morgan fingerprint density at radius 3 is 2.81 bits per heavy atom. The highest BCUT2D eigenvalue weighted by Gasteiger charge is 2.13. The van der Waals surface area contributed by atoms with Gasteiger partial charge in [-0.2, -0.15) is 0 Å². The van der Waals surface area contributed by atoms with E-state index in [0.29, 0.717) is 41.3 Å². The number of amides is 1. The van der Waals surface area contributed by atoms with Crippen molar-refractivity contribution in [2.24, 2.45) is 0 Å². The van der Waals surface area contributed by atoms with Crippen LogP contribution in [0.1, 0.15) is 6.42 Å². The number of hydrogen-bond donors (Lipinski definition) is 1. The number of carbonyl (C=O) groups is 1. The van der Waals surface area contributed by atoms with E-state index < -0.39 is 0 Å². The Balaban J connectivity index is 1.44. The van der Waals surface area contributed by atoms with E-state index in [0.717, 1.165) is 4.47 Å². The summed E-state index contributed by atoms with van der Waals surface area (Å²) in [6.45, 7) is 1.24. The number of nitrogens with zero attached hydrogens (tertiary/aromatic N) is 2. The van der Waals surface area contributed by atoms with Crippen molar-refractivity contribution < 1.29 is 14.3 Å². The minimum absolute atomic E-state index is 0.148. The zero-order chi connectivity index (χ0) is 18.8. The average Bonchev–Trinajstić information content (AvgIpc) is 2.68. The molecule has 0 atom stereocenters. The first-order valence-electron chi connectivity index (χ1n) is 8.44. The Morgan fingerprint density at radius 2 is 1.96 bits per heavy atom. The number of anilines is 1. The van der Waals surface area contributed by atoms with E-state index in [-0.39, 0.29) is 24.4 Å². The second-order valence-electron chi connectivity index (χ2n) is 6.06. The molecule has 138 valence electrons. The molecule has 0 saturated heterocycles. The lowest BCUT2D eigenvalue weighted by Gasteiger charge is -2.19. The first-order valence-corrected chi connectivity index (χ1v) is 9.24. The summed E-state index contributed by atoms with van der Waals surface area (Å²) >= 11 is 3.36. The monoisotopic (exact) mass is 429 g/mol. The summed E-state index contributed by atoms with van der Waals surface area (Å²) in [5, 5.41) is 3.32. The number of aromatic nitrogens is 2. The molecule has 1 amide bonds. The van der Waals surface area contributed by atoms with Crippen LogP contribution < -0.4 is 20.3 Å². The molecule has 0 bridgehead atoms. The molecule has 0 fully saturated rings. The summed E-state index contributed by atoms with van der Waals surface area (Å²) < 4.78 is 13.2. The minimum Gasteiger partial charge on any atom is -0.486 e. The molecule has 1 aliphatic heterocycles. The van der Waals surface area contributed by atoms with Gasteiger partial charge in [0.15, 0.2) is 11.5 Å². The fourth-order valence-electron chi connectivity index (χ4n) is 2.86. The molecule has 0 unspecified atom stereocenters. The minimum atomic E-state index is -0.201. The molecule has 2 aromatic carbocycles. The number of benzene rings is 2. The fourth-order valence-corrected chi connectivity index (χ4v) is 3.22. The summed E-state index contributed by atoms with van der Waals surface area (Å²) in [7, 11) is 0. The third-order valence-electron chi connectivity index (χ3n) is 4.19. The predicted octanol–water partition coefficient (Wildman–Crippen LogP) is 2.96. The van der Waals surface area contributed by atoms with Gasteiger partial charge in [-0.05, 0) is 30.3 Å². The molecule has 1 aliphatic rings. The van der Waals surface area contributed by atoms with Gasteiger partial charge in [-0.3, -0.25) is 14.2 Å². The van der Waals surface area contributed by atoms with E-state index in [2.05, 4.69) is 26.2 Å². The molecule has 7 nitrogen and oxygen atoms in total. The maximum Gasteiger partial charge on any atom is 0.261 e. The van der Waals surface area contributed by atoms with Crippen molar-refractivity contribution in [1.29, 1.82) is 0 Å².